The first-order valence-electron chi connectivity index (χ1n) is 7.21. The van der Waals surface area contributed by atoms with Gasteiger partial charge in [-0.05, 0) is 31.8 Å². The van der Waals surface area contributed by atoms with Crippen molar-refractivity contribution in [2.75, 3.05) is 0 Å². The van der Waals surface area contributed by atoms with Crippen LogP contribution >= 0.6 is 0 Å². The molecule has 2 atom stereocenters. The van der Waals surface area contributed by atoms with Crippen molar-refractivity contribution in [1.29, 1.82) is 0 Å². The number of rotatable bonds is 8. The molecule has 1 heteroatoms. The van der Waals surface area contributed by atoms with Crippen molar-refractivity contribution in [3.05, 3.63) is 24.3 Å². The summed E-state index contributed by atoms with van der Waals surface area (Å²) in [5, 5.41) is 0. The van der Waals surface area contributed by atoms with E-state index in [9.17, 15) is 0 Å². The van der Waals surface area contributed by atoms with Crippen LogP contribution < -0.4 is 0 Å². The van der Waals surface area contributed by atoms with Gasteiger partial charge in [-0.3, -0.25) is 0 Å². The predicted octanol–water partition coefficient (Wildman–Crippen LogP) is 5.03. The fourth-order valence-electron chi connectivity index (χ4n) is 2.40. The maximum Gasteiger partial charge on any atom is 0.0820 e. The number of hydrogen-bond acceptors (Lipinski definition) is 1. The van der Waals surface area contributed by atoms with Gasteiger partial charge >= 0.3 is 0 Å². The molecule has 0 aromatic heterocycles. The molecule has 0 bridgehead atoms. The molecular weight excluding hydrogens is 208 g/mol. The molecule has 0 unspecified atom stereocenters. The van der Waals surface area contributed by atoms with E-state index in [0.717, 1.165) is 12.8 Å². The summed E-state index contributed by atoms with van der Waals surface area (Å²) >= 11 is 0. The van der Waals surface area contributed by atoms with Gasteiger partial charge in [0.2, 0.25) is 0 Å². The van der Waals surface area contributed by atoms with Gasteiger partial charge < -0.3 is 4.74 Å². The molecule has 1 rings (SSSR count). The molecular formula is C16H28O. The molecule has 0 amide bonds. The van der Waals surface area contributed by atoms with Gasteiger partial charge in [-0.25, -0.2) is 0 Å². The van der Waals surface area contributed by atoms with Crippen LogP contribution in [0.2, 0.25) is 0 Å². The molecule has 1 heterocycles. The third-order valence-corrected chi connectivity index (χ3v) is 3.58. The van der Waals surface area contributed by atoms with Crippen LogP contribution in [0.1, 0.15) is 65.2 Å². The van der Waals surface area contributed by atoms with Crippen molar-refractivity contribution in [3.8, 4) is 0 Å². The van der Waals surface area contributed by atoms with Gasteiger partial charge in [0.05, 0.1) is 12.2 Å². The van der Waals surface area contributed by atoms with Crippen molar-refractivity contribution >= 4 is 0 Å². The molecule has 0 aliphatic carbocycles. The Morgan fingerprint density at radius 2 is 2.12 bits per heavy atom. The van der Waals surface area contributed by atoms with Crippen molar-refractivity contribution in [2.45, 2.75) is 77.4 Å². The lowest BCUT2D eigenvalue weighted by Gasteiger charge is -2.29. The van der Waals surface area contributed by atoms with Crippen LogP contribution in [0.25, 0.3) is 0 Å². The van der Waals surface area contributed by atoms with Crippen molar-refractivity contribution in [3.63, 3.8) is 0 Å². The molecule has 0 fully saturated rings. The minimum absolute atomic E-state index is 0.293. The van der Waals surface area contributed by atoms with Gasteiger partial charge in [-0.1, -0.05) is 51.2 Å². The second kappa shape index (κ2) is 8.52. The Hall–Kier alpha value is -0.560. The van der Waals surface area contributed by atoms with Crippen molar-refractivity contribution < 1.29 is 4.74 Å². The second-order valence-electron chi connectivity index (χ2n) is 5.16. The summed E-state index contributed by atoms with van der Waals surface area (Å²) in [5.74, 6) is 0. The van der Waals surface area contributed by atoms with E-state index >= 15 is 0 Å². The van der Waals surface area contributed by atoms with Crippen molar-refractivity contribution in [1.82, 2.24) is 0 Å². The minimum Gasteiger partial charge on any atom is -0.370 e. The molecule has 0 aromatic carbocycles. The maximum absolute atomic E-state index is 6.11. The topological polar surface area (TPSA) is 9.23 Å². The van der Waals surface area contributed by atoms with Gasteiger partial charge in [-0.2, -0.15) is 0 Å². The van der Waals surface area contributed by atoms with Crippen LogP contribution in [-0.4, -0.2) is 12.2 Å². The normalized spacial score (nSPS) is 24.5. The molecule has 0 aromatic rings. The summed E-state index contributed by atoms with van der Waals surface area (Å²) in [6.07, 6.45) is 15.1. The minimum atomic E-state index is 0.293. The fourth-order valence-corrected chi connectivity index (χ4v) is 2.40. The van der Waals surface area contributed by atoms with E-state index in [1.54, 1.807) is 0 Å². The third-order valence-electron chi connectivity index (χ3n) is 3.58. The van der Waals surface area contributed by atoms with E-state index < -0.39 is 0 Å². The summed E-state index contributed by atoms with van der Waals surface area (Å²) in [4.78, 5) is 0. The highest BCUT2D eigenvalue weighted by Gasteiger charge is 2.20. The van der Waals surface area contributed by atoms with E-state index in [4.69, 9.17) is 4.74 Å². The number of ether oxygens (including phenoxy) is 1. The van der Waals surface area contributed by atoms with E-state index in [1.165, 1.54) is 44.1 Å². The largest absolute Gasteiger partial charge is 0.370 e. The Morgan fingerprint density at radius 1 is 1.35 bits per heavy atom. The third kappa shape index (κ3) is 5.54. The predicted molar refractivity (Wildman–Crippen MR) is 75.2 cm³/mol. The molecule has 0 N–H and O–H groups in total. The maximum atomic E-state index is 6.11. The molecule has 0 spiro atoms. The quantitative estimate of drug-likeness (QED) is 0.424. The van der Waals surface area contributed by atoms with Crippen LogP contribution in [0.15, 0.2) is 24.3 Å². The lowest BCUT2D eigenvalue weighted by molar-refractivity contribution is -0.00482. The highest BCUT2D eigenvalue weighted by molar-refractivity contribution is 5.10. The molecule has 0 radical (unpaired) electrons. The van der Waals surface area contributed by atoms with Crippen LogP contribution in [-0.2, 0) is 4.74 Å². The summed E-state index contributed by atoms with van der Waals surface area (Å²) in [5.41, 5.74) is 1.38. The van der Waals surface area contributed by atoms with Gasteiger partial charge in [0, 0.05) is 0 Å². The molecule has 98 valence electrons. The SMILES string of the molecule is C=CC[C@H]1O[C@H](CCCCCCC)CC=C1C. The van der Waals surface area contributed by atoms with E-state index in [0.29, 0.717) is 12.2 Å². The molecule has 1 aliphatic rings. The smallest absolute Gasteiger partial charge is 0.0820 e. The Kier molecular flexibility index (Phi) is 7.27. The molecule has 1 nitrogen and oxygen atoms in total. The zero-order chi connectivity index (χ0) is 12.5. The van der Waals surface area contributed by atoms with Crippen LogP contribution in [0.4, 0.5) is 0 Å². The van der Waals surface area contributed by atoms with Crippen LogP contribution in [0.3, 0.4) is 0 Å². The first-order chi connectivity index (χ1) is 8.27. The average molecular weight is 236 g/mol. The summed E-state index contributed by atoms with van der Waals surface area (Å²) < 4.78 is 6.11. The Labute approximate surface area is 107 Å². The molecule has 1 aliphatic heterocycles. The van der Waals surface area contributed by atoms with E-state index in [1.807, 2.05) is 6.08 Å². The van der Waals surface area contributed by atoms with Gasteiger partial charge in [0.15, 0.2) is 0 Å². The van der Waals surface area contributed by atoms with Crippen LogP contribution in [0, 0.1) is 0 Å². The molecule has 17 heavy (non-hydrogen) atoms. The first kappa shape index (κ1) is 14.5. The second-order valence-corrected chi connectivity index (χ2v) is 5.16. The zero-order valence-corrected chi connectivity index (χ0v) is 11.6. The average Bonchev–Trinajstić information content (AvgIpc) is 2.33. The van der Waals surface area contributed by atoms with E-state index in [2.05, 4.69) is 26.5 Å². The Balaban J connectivity index is 2.20. The fraction of sp³-hybridized carbons (Fsp3) is 0.750. The van der Waals surface area contributed by atoms with Crippen LogP contribution in [0.5, 0.6) is 0 Å². The standard InChI is InChI=1S/C16H28O/c1-4-6-7-8-9-11-15-13-12-14(3)16(17-15)10-5-2/h5,12,15-16H,2,4,6-11,13H2,1,3H3/t15-,16-/m1/s1. The van der Waals surface area contributed by atoms with Gasteiger partial charge in [-0.15, -0.1) is 6.58 Å². The number of unbranched alkanes of at least 4 members (excludes halogenated alkanes) is 4. The van der Waals surface area contributed by atoms with E-state index in [-0.39, 0.29) is 0 Å². The number of hydrogen-bond donors (Lipinski definition) is 0. The van der Waals surface area contributed by atoms with Gasteiger partial charge in [0.25, 0.3) is 0 Å². The lowest BCUT2D eigenvalue weighted by atomic mass is 9.98. The first-order valence-corrected chi connectivity index (χ1v) is 7.21. The Bertz CT molecular complexity index is 242. The van der Waals surface area contributed by atoms with Crippen molar-refractivity contribution in [2.24, 2.45) is 0 Å². The highest BCUT2D eigenvalue weighted by atomic mass is 16.5. The van der Waals surface area contributed by atoms with Gasteiger partial charge in [0.1, 0.15) is 0 Å². The zero-order valence-electron chi connectivity index (χ0n) is 11.6. The molecule has 0 saturated carbocycles. The molecule has 0 saturated heterocycles. The monoisotopic (exact) mass is 236 g/mol. The summed E-state index contributed by atoms with van der Waals surface area (Å²) in [6.45, 7) is 8.24. The summed E-state index contributed by atoms with van der Waals surface area (Å²) in [6, 6.07) is 0. The highest BCUT2D eigenvalue weighted by Crippen LogP contribution is 2.24. The Morgan fingerprint density at radius 3 is 2.82 bits per heavy atom. The summed E-state index contributed by atoms with van der Waals surface area (Å²) in [7, 11) is 0. The lowest BCUT2D eigenvalue weighted by Crippen LogP contribution is -2.26.